The molecule has 0 unspecified atom stereocenters. The normalized spacial score (nSPS) is 16.2. The van der Waals surface area contributed by atoms with Gasteiger partial charge in [-0.2, -0.15) is 5.10 Å². The van der Waals surface area contributed by atoms with Crippen molar-refractivity contribution in [3.05, 3.63) is 41.9 Å². The van der Waals surface area contributed by atoms with Crippen molar-refractivity contribution in [1.29, 1.82) is 0 Å². The molecule has 0 saturated carbocycles. The van der Waals surface area contributed by atoms with Crippen LogP contribution in [0, 0.1) is 12.7 Å². The topological polar surface area (TPSA) is 59.5 Å². The molecule has 5 heterocycles. The van der Waals surface area contributed by atoms with E-state index in [9.17, 15) is 4.39 Å². The van der Waals surface area contributed by atoms with Gasteiger partial charge in [0.25, 0.3) is 0 Å². The summed E-state index contributed by atoms with van der Waals surface area (Å²) in [5.41, 5.74) is 2.98. The van der Waals surface area contributed by atoms with Crippen molar-refractivity contribution in [2.24, 2.45) is 0 Å². The van der Waals surface area contributed by atoms with Gasteiger partial charge in [-0.1, -0.05) is 11.3 Å². The molecule has 0 radical (unpaired) electrons. The summed E-state index contributed by atoms with van der Waals surface area (Å²) in [7, 11) is 0. The van der Waals surface area contributed by atoms with Crippen LogP contribution in [0.4, 0.5) is 4.39 Å². The Kier molecular flexibility index (Phi) is 3.36. The Labute approximate surface area is 147 Å². The number of piperidine rings is 1. The molecule has 4 aromatic rings. The van der Waals surface area contributed by atoms with Crippen LogP contribution in [-0.2, 0) is 0 Å². The van der Waals surface area contributed by atoms with E-state index < -0.39 is 0 Å². The SMILES string of the molecule is Cc1cn2cc(-c3nn4cc(C5CCNCC5)nc4s3)cc(F)c2n1. The molecule has 1 aliphatic rings. The number of aryl methyl sites for hydroxylation is 1. The lowest BCUT2D eigenvalue weighted by Gasteiger charge is -2.20. The fourth-order valence-electron chi connectivity index (χ4n) is 3.44. The summed E-state index contributed by atoms with van der Waals surface area (Å²) < 4.78 is 17.8. The van der Waals surface area contributed by atoms with E-state index >= 15 is 0 Å². The third-order valence-electron chi connectivity index (χ3n) is 4.69. The highest BCUT2D eigenvalue weighted by Gasteiger charge is 2.20. The van der Waals surface area contributed by atoms with Gasteiger partial charge in [0.2, 0.25) is 4.96 Å². The highest BCUT2D eigenvalue weighted by Crippen LogP contribution is 2.30. The molecule has 0 spiro atoms. The number of nitrogens with one attached hydrogen (secondary N) is 1. The summed E-state index contributed by atoms with van der Waals surface area (Å²) in [5.74, 6) is 0.162. The predicted molar refractivity (Wildman–Crippen MR) is 94.6 cm³/mol. The summed E-state index contributed by atoms with van der Waals surface area (Å²) in [4.78, 5) is 9.79. The summed E-state index contributed by atoms with van der Waals surface area (Å²) in [5, 5.41) is 8.74. The molecule has 0 amide bonds. The first-order valence-corrected chi connectivity index (χ1v) is 9.21. The Morgan fingerprint density at radius 1 is 1.20 bits per heavy atom. The number of pyridine rings is 1. The summed E-state index contributed by atoms with van der Waals surface area (Å²) >= 11 is 1.48. The molecule has 1 aliphatic heterocycles. The minimum atomic E-state index is -0.339. The Hall–Kier alpha value is -2.32. The van der Waals surface area contributed by atoms with E-state index in [1.165, 1.54) is 17.4 Å². The lowest BCUT2D eigenvalue weighted by atomic mass is 9.95. The van der Waals surface area contributed by atoms with Gasteiger partial charge < -0.3 is 9.72 Å². The van der Waals surface area contributed by atoms with Crippen LogP contribution in [-0.4, -0.2) is 37.1 Å². The number of hydrogen-bond acceptors (Lipinski definition) is 5. The van der Waals surface area contributed by atoms with E-state index in [4.69, 9.17) is 4.98 Å². The molecule has 0 aromatic carbocycles. The molecular formula is C17H17FN6S. The molecule has 6 nitrogen and oxygen atoms in total. The molecule has 1 fully saturated rings. The number of hydrogen-bond donors (Lipinski definition) is 1. The molecule has 128 valence electrons. The Morgan fingerprint density at radius 2 is 2.04 bits per heavy atom. The lowest BCUT2D eigenvalue weighted by Crippen LogP contribution is -2.26. The lowest BCUT2D eigenvalue weighted by molar-refractivity contribution is 0.454. The monoisotopic (exact) mass is 356 g/mol. The molecule has 4 aromatic heterocycles. The molecule has 25 heavy (non-hydrogen) atoms. The van der Waals surface area contributed by atoms with E-state index in [0.717, 1.165) is 52.9 Å². The maximum absolute atomic E-state index is 14.3. The molecule has 8 heteroatoms. The van der Waals surface area contributed by atoms with Crippen molar-refractivity contribution in [1.82, 2.24) is 29.3 Å². The summed E-state index contributed by atoms with van der Waals surface area (Å²) in [6.45, 7) is 3.93. The first-order valence-electron chi connectivity index (χ1n) is 8.39. The molecule has 5 rings (SSSR count). The molecule has 0 atom stereocenters. The van der Waals surface area contributed by atoms with Crippen LogP contribution in [0.5, 0.6) is 0 Å². The average Bonchev–Trinajstić information content (AvgIpc) is 3.27. The predicted octanol–water partition coefficient (Wildman–Crippen LogP) is 3.02. The van der Waals surface area contributed by atoms with Crippen molar-refractivity contribution in [2.75, 3.05) is 13.1 Å². The van der Waals surface area contributed by atoms with Gasteiger partial charge >= 0.3 is 0 Å². The van der Waals surface area contributed by atoms with Crippen LogP contribution >= 0.6 is 11.3 Å². The number of fused-ring (bicyclic) bond motifs is 2. The van der Waals surface area contributed by atoms with Crippen molar-refractivity contribution in [3.63, 3.8) is 0 Å². The fourth-order valence-corrected chi connectivity index (χ4v) is 4.31. The van der Waals surface area contributed by atoms with Crippen LogP contribution < -0.4 is 5.32 Å². The Morgan fingerprint density at radius 3 is 2.84 bits per heavy atom. The van der Waals surface area contributed by atoms with Gasteiger partial charge in [0.05, 0.1) is 17.6 Å². The van der Waals surface area contributed by atoms with Gasteiger partial charge in [-0.05, 0) is 38.9 Å². The van der Waals surface area contributed by atoms with Crippen LogP contribution in [0.3, 0.4) is 0 Å². The van der Waals surface area contributed by atoms with Gasteiger partial charge in [0.15, 0.2) is 11.5 Å². The van der Waals surface area contributed by atoms with Crippen molar-refractivity contribution in [3.8, 4) is 10.6 Å². The van der Waals surface area contributed by atoms with Gasteiger partial charge in [0.1, 0.15) is 5.01 Å². The number of nitrogens with zero attached hydrogens (tertiary/aromatic N) is 5. The standard InChI is InChI=1S/C17H17FN6S/c1-10-7-23-8-12(6-13(18)15(23)20-10)16-22-24-9-14(21-17(24)25-16)11-2-4-19-5-3-11/h6-9,11,19H,2-5H2,1H3. The van der Waals surface area contributed by atoms with E-state index in [2.05, 4.69) is 15.4 Å². The van der Waals surface area contributed by atoms with Crippen LogP contribution in [0.15, 0.2) is 24.7 Å². The second-order valence-electron chi connectivity index (χ2n) is 6.51. The quantitative estimate of drug-likeness (QED) is 0.600. The Balaban J connectivity index is 1.53. The molecule has 0 aliphatic carbocycles. The van der Waals surface area contributed by atoms with Crippen molar-refractivity contribution in [2.45, 2.75) is 25.7 Å². The van der Waals surface area contributed by atoms with Crippen LogP contribution in [0.1, 0.15) is 30.1 Å². The van der Waals surface area contributed by atoms with Crippen molar-refractivity contribution < 1.29 is 4.39 Å². The first kappa shape index (κ1) is 15.0. The molecule has 1 saturated heterocycles. The van der Waals surface area contributed by atoms with Crippen molar-refractivity contribution >= 4 is 21.9 Å². The van der Waals surface area contributed by atoms with E-state index in [0.29, 0.717) is 11.6 Å². The largest absolute Gasteiger partial charge is 0.317 e. The number of halogens is 1. The third kappa shape index (κ3) is 2.52. The first-order chi connectivity index (χ1) is 12.2. The van der Waals surface area contributed by atoms with Gasteiger partial charge in [-0.25, -0.2) is 18.9 Å². The zero-order chi connectivity index (χ0) is 17.0. The van der Waals surface area contributed by atoms with Gasteiger partial charge in [0, 0.05) is 23.9 Å². The van der Waals surface area contributed by atoms with Gasteiger partial charge in [-0.3, -0.25) is 0 Å². The minimum Gasteiger partial charge on any atom is -0.317 e. The third-order valence-corrected chi connectivity index (χ3v) is 5.66. The maximum atomic E-state index is 14.3. The molecule has 0 bridgehead atoms. The van der Waals surface area contributed by atoms with E-state index in [1.807, 2.05) is 30.0 Å². The average molecular weight is 356 g/mol. The maximum Gasteiger partial charge on any atom is 0.212 e. The Bertz CT molecular complexity index is 1040. The zero-order valence-electron chi connectivity index (χ0n) is 13.7. The molecular weight excluding hydrogens is 339 g/mol. The van der Waals surface area contributed by atoms with Crippen LogP contribution in [0.2, 0.25) is 0 Å². The zero-order valence-corrected chi connectivity index (χ0v) is 14.6. The van der Waals surface area contributed by atoms with Gasteiger partial charge in [-0.15, -0.1) is 0 Å². The highest BCUT2D eigenvalue weighted by atomic mass is 32.1. The number of imidazole rings is 2. The summed E-state index contributed by atoms with van der Waals surface area (Å²) in [6.07, 6.45) is 7.92. The number of aromatic nitrogens is 5. The van der Waals surface area contributed by atoms with Crippen LogP contribution in [0.25, 0.3) is 21.2 Å². The summed E-state index contributed by atoms with van der Waals surface area (Å²) in [6, 6.07) is 1.49. The van der Waals surface area contributed by atoms with E-state index in [-0.39, 0.29) is 5.82 Å². The minimum absolute atomic E-state index is 0.339. The second-order valence-corrected chi connectivity index (χ2v) is 7.47. The molecule has 1 N–H and O–H groups in total. The highest BCUT2D eigenvalue weighted by molar-refractivity contribution is 7.19. The smallest absolute Gasteiger partial charge is 0.212 e. The number of rotatable bonds is 2. The fraction of sp³-hybridized carbons (Fsp3) is 0.353. The van der Waals surface area contributed by atoms with E-state index in [1.54, 1.807) is 4.40 Å². The second kappa shape index (κ2) is 5.60.